The van der Waals surface area contributed by atoms with Crippen LogP contribution in [0.4, 0.5) is 5.13 Å². The third-order valence-electron chi connectivity index (χ3n) is 7.46. The Morgan fingerprint density at radius 1 is 1.13 bits per heavy atom. The number of aliphatic carboxylic acids is 1. The van der Waals surface area contributed by atoms with Crippen molar-refractivity contribution in [2.24, 2.45) is 5.92 Å². The van der Waals surface area contributed by atoms with Crippen LogP contribution in [0, 0.1) is 12.8 Å². The molecule has 0 aliphatic carbocycles. The number of benzene rings is 2. The highest BCUT2D eigenvalue weighted by Gasteiger charge is 2.26. The Balaban J connectivity index is 1.24. The van der Waals surface area contributed by atoms with Gasteiger partial charge < -0.3 is 14.7 Å². The van der Waals surface area contributed by atoms with E-state index in [-0.39, 0.29) is 17.4 Å². The minimum absolute atomic E-state index is 0.227. The molecular weight excluding hydrogens is 558 g/mol. The molecule has 2 aliphatic rings. The number of nitrogens with zero attached hydrogens (tertiary/aromatic N) is 3. The Hall–Kier alpha value is -2.66. The van der Waals surface area contributed by atoms with E-state index in [1.165, 1.54) is 11.3 Å². The van der Waals surface area contributed by atoms with Crippen LogP contribution in [0.1, 0.15) is 29.5 Å². The van der Waals surface area contributed by atoms with Crippen LogP contribution in [-0.2, 0) is 27.8 Å². The van der Waals surface area contributed by atoms with E-state index in [1.54, 1.807) is 6.07 Å². The van der Waals surface area contributed by atoms with E-state index in [4.69, 9.17) is 21.3 Å². The van der Waals surface area contributed by atoms with Crippen LogP contribution in [0.25, 0.3) is 11.3 Å². The minimum atomic E-state index is -2.88. The highest BCUT2D eigenvalue weighted by molar-refractivity contribution is 7.91. The monoisotopic (exact) mass is 589 g/mol. The third-order valence-corrected chi connectivity index (χ3v) is 10.2. The summed E-state index contributed by atoms with van der Waals surface area (Å²) in [5, 5.41) is 12.7. The quantitative estimate of drug-likeness (QED) is 0.397. The highest BCUT2D eigenvalue weighted by atomic mass is 35.5. The van der Waals surface area contributed by atoms with Crippen molar-refractivity contribution in [3.05, 3.63) is 63.5 Å². The van der Waals surface area contributed by atoms with Crippen LogP contribution in [-0.4, -0.2) is 67.1 Å². The van der Waals surface area contributed by atoms with Crippen molar-refractivity contribution >= 4 is 43.9 Å². The maximum absolute atomic E-state index is 11.7. The van der Waals surface area contributed by atoms with Crippen LogP contribution in [0.15, 0.2) is 41.8 Å². The molecule has 0 bridgehead atoms. The van der Waals surface area contributed by atoms with Crippen molar-refractivity contribution in [1.29, 1.82) is 0 Å². The van der Waals surface area contributed by atoms with Crippen LogP contribution >= 0.6 is 22.9 Å². The van der Waals surface area contributed by atoms with Gasteiger partial charge in [-0.05, 0) is 54.7 Å². The number of hydrogen-bond acceptors (Lipinski definition) is 8. The molecule has 2 aliphatic heterocycles. The first-order chi connectivity index (χ1) is 18.7. The Kier molecular flexibility index (Phi) is 8.46. The number of ether oxygens (including phenoxy) is 1. The number of carboxylic acids is 1. The lowest BCUT2D eigenvalue weighted by Gasteiger charge is -2.29. The zero-order valence-corrected chi connectivity index (χ0v) is 24.2. The molecule has 39 heavy (non-hydrogen) atoms. The van der Waals surface area contributed by atoms with E-state index in [2.05, 4.69) is 34.9 Å². The Bertz CT molecular complexity index is 1440. The first kappa shape index (κ1) is 27.9. The highest BCUT2D eigenvalue weighted by Crippen LogP contribution is 2.37. The first-order valence-corrected chi connectivity index (χ1v) is 16.1. The molecule has 2 saturated heterocycles. The fourth-order valence-corrected chi connectivity index (χ4v) is 7.35. The van der Waals surface area contributed by atoms with E-state index < -0.39 is 15.8 Å². The van der Waals surface area contributed by atoms with E-state index >= 15 is 0 Å². The molecular formula is C28H32ClN3O5S2. The van der Waals surface area contributed by atoms with Crippen molar-refractivity contribution in [3.63, 3.8) is 0 Å². The predicted molar refractivity (Wildman–Crippen MR) is 155 cm³/mol. The topological polar surface area (TPSA) is 100 Å². The van der Waals surface area contributed by atoms with Gasteiger partial charge in [-0.15, -0.1) is 11.3 Å². The summed E-state index contributed by atoms with van der Waals surface area (Å²) >= 11 is 7.88. The zero-order chi connectivity index (χ0) is 27.6. The number of sulfone groups is 1. The average Bonchev–Trinajstić information content (AvgIpc) is 3.40. The van der Waals surface area contributed by atoms with Crippen LogP contribution in [0.2, 0.25) is 5.02 Å². The number of aryl methyl sites for hydroxylation is 1. The maximum Gasteiger partial charge on any atom is 0.306 e. The molecule has 0 amide bonds. The molecule has 0 unspecified atom stereocenters. The number of thiazole rings is 1. The summed E-state index contributed by atoms with van der Waals surface area (Å²) in [6, 6.07) is 11.8. The van der Waals surface area contributed by atoms with Gasteiger partial charge in [-0.1, -0.05) is 29.8 Å². The number of rotatable bonds is 8. The lowest BCUT2D eigenvalue weighted by atomic mass is 9.97. The summed E-state index contributed by atoms with van der Waals surface area (Å²) in [6.07, 6.45) is 1.24. The third kappa shape index (κ3) is 6.92. The van der Waals surface area contributed by atoms with Gasteiger partial charge in [-0.3, -0.25) is 9.69 Å². The number of aromatic nitrogens is 1. The number of piperidine rings is 1. The van der Waals surface area contributed by atoms with E-state index in [0.717, 1.165) is 39.6 Å². The number of carbonyl (C=O) groups is 1. The van der Waals surface area contributed by atoms with Gasteiger partial charge >= 0.3 is 5.97 Å². The largest absolute Gasteiger partial charge is 0.488 e. The summed E-state index contributed by atoms with van der Waals surface area (Å²) in [5.41, 5.74) is 4.95. The summed E-state index contributed by atoms with van der Waals surface area (Å²) in [5.74, 6) is 0.143. The summed E-state index contributed by atoms with van der Waals surface area (Å²) < 4.78 is 29.7. The second-order valence-corrected chi connectivity index (χ2v) is 13.8. The molecule has 2 fully saturated rings. The molecule has 0 saturated carbocycles. The van der Waals surface area contributed by atoms with Crippen LogP contribution in [0.5, 0.6) is 5.75 Å². The summed E-state index contributed by atoms with van der Waals surface area (Å²) in [6.45, 7) is 5.69. The standard InChI is InChI=1S/C28H32ClN3O5S2/c1-19-14-20(16-31-10-12-39(35,36)13-11-31)2-3-22(19)17-37-26-5-4-23(29)15-24(26)25-18-38-28(30-25)32-8-6-21(7-9-32)27(33)34/h2-5,14-15,18,21H,6-13,16-17H2,1H3,(H,33,34). The molecule has 0 radical (unpaired) electrons. The minimum Gasteiger partial charge on any atom is -0.488 e. The Morgan fingerprint density at radius 3 is 2.56 bits per heavy atom. The lowest BCUT2D eigenvalue weighted by molar-refractivity contribution is -0.142. The van der Waals surface area contributed by atoms with Crippen LogP contribution < -0.4 is 9.64 Å². The summed E-state index contributed by atoms with van der Waals surface area (Å²) in [7, 11) is -2.88. The lowest BCUT2D eigenvalue weighted by Crippen LogP contribution is -2.39. The fraction of sp³-hybridized carbons (Fsp3) is 0.429. The van der Waals surface area contributed by atoms with E-state index in [9.17, 15) is 18.3 Å². The molecule has 2 aromatic carbocycles. The fourth-order valence-electron chi connectivity index (χ4n) is 5.02. The summed E-state index contributed by atoms with van der Waals surface area (Å²) in [4.78, 5) is 20.4. The zero-order valence-electron chi connectivity index (χ0n) is 21.8. The van der Waals surface area contributed by atoms with Crippen molar-refractivity contribution in [2.45, 2.75) is 32.9 Å². The van der Waals surface area contributed by atoms with Crippen molar-refractivity contribution in [2.75, 3.05) is 42.6 Å². The van der Waals surface area contributed by atoms with Gasteiger partial charge in [0.1, 0.15) is 12.4 Å². The van der Waals surface area contributed by atoms with E-state index in [0.29, 0.717) is 56.4 Å². The second-order valence-electron chi connectivity index (χ2n) is 10.2. The Labute approximate surface area is 238 Å². The molecule has 5 rings (SSSR count). The molecule has 11 heteroatoms. The Morgan fingerprint density at radius 2 is 1.87 bits per heavy atom. The normalized spacial score (nSPS) is 18.3. The number of anilines is 1. The van der Waals surface area contributed by atoms with Gasteiger partial charge in [0.25, 0.3) is 0 Å². The number of hydrogen-bond donors (Lipinski definition) is 1. The van der Waals surface area contributed by atoms with Gasteiger partial charge in [0.05, 0.1) is 23.1 Å². The number of halogens is 1. The van der Waals surface area contributed by atoms with Crippen molar-refractivity contribution in [1.82, 2.24) is 9.88 Å². The average molecular weight is 590 g/mol. The molecule has 208 valence electrons. The maximum atomic E-state index is 11.7. The number of carboxylic acid groups (broad SMARTS) is 1. The SMILES string of the molecule is Cc1cc(CN2CCS(=O)(=O)CC2)ccc1COc1ccc(Cl)cc1-c1csc(N2CCC(C(=O)O)CC2)n1. The van der Waals surface area contributed by atoms with Crippen molar-refractivity contribution in [3.8, 4) is 17.0 Å². The van der Waals surface area contributed by atoms with Gasteiger partial charge in [-0.25, -0.2) is 13.4 Å². The molecule has 8 nitrogen and oxygen atoms in total. The van der Waals surface area contributed by atoms with Gasteiger partial charge in [0, 0.05) is 48.7 Å². The van der Waals surface area contributed by atoms with Gasteiger partial charge in [0.15, 0.2) is 15.0 Å². The molecule has 0 atom stereocenters. The van der Waals surface area contributed by atoms with Gasteiger partial charge in [0.2, 0.25) is 0 Å². The molecule has 1 N–H and O–H groups in total. The molecule has 1 aromatic heterocycles. The molecule has 3 heterocycles. The second kappa shape index (κ2) is 11.8. The van der Waals surface area contributed by atoms with Crippen molar-refractivity contribution < 1.29 is 23.1 Å². The molecule has 0 spiro atoms. The first-order valence-electron chi connectivity index (χ1n) is 13.0. The van der Waals surface area contributed by atoms with Crippen LogP contribution in [0.3, 0.4) is 0 Å². The van der Waals surface area contributed by atoms with E-state index in [1.807, 2.05) is 17.5 Å². The smallest absolute Gasteiger partial charge is 0.306 e. The molecule has 3 aromatic rings. The predicted octanol–water partition coefficient (Wildman–Crippen LogP) is 4.88. The van der Waals surface area contributed by atoms with Gasteiger partial charge in [-0.2, -0.15) is 0 Å².